The Labute approximate surface area is 127 Å². The van der Waals surface area contributed by atoms with Gasteiger partial charge in [0.05, 0.1) is 25.3 Å². The highest BCUT2D eigenvalue weighted by atomic mass is 32.2. The molecule has 0 radical (unpaired) electrons. The molecule has 1 aliphatic heterocycles. The second-order valence-corrected chi connectivity index (χ2v) is 7.05. The molecule has 0 saturated carbocycles. The summed E-state index contributed by atoms with van der Waals surface area (Å²) in [5, 5.41) is 11.2. The topological polar surface area (TPSA) is 62.7 Å². The van der Waals surface area contributed by atoms with Gasteiger partial charge in [0.2, 0.25) is 5.91 Å². The molecule has 1 saturated heterocycles. The minimum absolute atomic E-state index is 0.0168. The second-order valence-electron chi connectivity index (χ2n) is 4.68. The van der Waals surface area contributed by atoms with Gasteiger partial charge in [0.15, 0.2) is 0 Å². The number of hydrogen-bond donors (Lipinski definition) is 1. The van der Waals surface area contributed by atoms with Gasteiger partial charge in [0.1, 0.15) is 4.34 Å². The first-order valence-corrected chi connectivity index (χ1v) is 8.63. The van der Waals surface area contributed by atoms with Crippen molar-refractivity contribution in [3.05, 3.63) is 11.1 Å². The van der Waals surface area contributed by atoms with E-state index in [9.17, 15) is 9.90 Å². The summed E-state index contributed by atoms with van der Waals surface area (Å²) in [6, 6.07) is 0. The molecule has 7 heteroatoms. The number of nitrogens with zero attached hydrogens (tertiary/aromatic N) is 2. The monoisotopic (exact) mass is 316 g/mol. The highest BCUT2D eigenvalue weighted by Crippen LogP contribution is 2.22. The molecule has 1 aromatic heterocycles. The van der Waals surface area contributed by atoms with Crippen LogP contribution in [0.15, 0.2) is 9.72 Å². The van der Waals surface area contributed by atoms with Crippen LogP contribution in [0.5, 0.6) is 0 Å². The minimum Gasteiger partial charge on any atom is -0.396 e. The van der Waals surface area contributed by atoms with Gasteiger partial charge in [-0.1, -0.05) is 18.7 Å². The Morgan fingerprint density at radius 3 is 3.30 bits per heavy atom. The average molecular weight is 316 g/mol. The highest BCUT2D eigenvalue weighted by Gasteiger charge is 2.22. The molecule has 112 valence electrons. The van der Waals surface area contributed by atoms with Crippen LogP contribution in [0.3, 0.4) is 0 Å². The average Bonchev–Trinajstić information content (AvgIpc) is 2.75. The summed E-state index contributed by atoms with van der Waals surface area (Å²) in [7, 11) is 0. The first kappa shape index (κ1) is 15.8. The number of thiazole rings is 1. The molecule has 0 aromatic carbocycles. The van der Waals surface area contributed by atoms with E-state index in [-0.39, 0.29) is 18.4 Å². The van der Waals surface area contributed by atoms with Gasteiger partial charge in [-0.2, -0.15) is 0 Å². The Morgan fingerprint density at radius 2 is 2.55 bits per heavy atom. The number of ether oxygens (including phenoxy) is 1. The molecular weight excluding hydrogens is 296 g/mol. The first-order valence-electron chi connectivity index (χ1n) is 6.76. The van der Waals surface area contributed by atoms with E-state index in [0.29, 0.717) is 32.7 Å². The Morgan fingerprint density at radius 1 is 1.70 bits per heavy atom. The molecule has 2 rings (SSSR count). The van der Waals surface area contributed by atoms with Crippen LogP contribution in [0.4, 0.5) is 0 Å². The highest BCUT2D eigenvalue weighted by molar-refractivity contribution is 8.00. The van der Waals surface area contributed by atoms with Crippen LogP contribution in [0, 0.1) is 5.92 Å². The fraction of sp³-hybridized carbons (Fsp3) is 0.692. The summed E-state index contributed by atoms with van der Waals surface area (Å²) < 4.78 is 6.41. The third-order valence-electron chi connectivity index (χ3n) is 3.08. The smallest absolute Gasteiger partial charge is 0.228 e. The van der Waals surface area contributed by atoms with Gasteiger partial charge in [-0.25, -0.2) is 4.98 Å². The summed E-state index contributed by atoms with van der Waals surface area (Å²) in [5.41, 5.74) is 0.835. The minimum atomic E-state index is 0.0168. The third kappa shape index (κ3) is 4.44. The zero-order chi connectivity index (χ0) is 14.4. The number of carbonyl (C=O) groups is 1. The lowest BCUT2D eigenvalue weighted by Crippen LogP contribution is -2.37. The lowest BCUT2D eigenvalue weighted by Gasteiger charge is -2.22. The molecule has 1 aromatic rings. The number of rotatable bonds is 5. The van der Waals surface area contributed by atoms with E-state index < -0.39 is 0 Å². The van der Waals surface area contributed by atoms with Crippen LogP contribution in [0.25, 0.3) is 0 Å². The largest absolute Gasteiger partial charge is 0.396 e. The molecule has 1 fully saturated rings. The van der Waals surface area contributed by atoms with Crippen molar-refractivity contribution in [3.8, 4) is 0 Å². The molecule has 2 heterocycles. The zero-order valence-electron chi connectivity index (χ0n) is 11.6. The number of thioether (sulfide) groups is 1. The van der Waals surface area contributed by atoms with Gasteiger partial charge in [-0.05, 0) is 5.75 Å². The van der Waals surface area contributed by atoms with E-state index in [1.54, 1.807) is 28.0 Å². The van der Waals surface area contributed by atoms with Crippen molar-refractivity contribution in [1.82, 2.24) is 9.88 Å². The summed E-state index contributed by atoms with van der Waals surface area (Å²) in [6.45, 7) is 4.36. The van der Waals surface area contributed by atoms with Gasteiger partial charge in [-0.15, -0.1) is 11.3 Å². The molecule has 1 amide bonds. The molecule has 1 N–H and O–H groups in total. The maximum absolute atomic E-state index is 12.3. The number of aliphatic hydroxyl groups excluding tert-OH is 1. The Kier molecular flexibility index (Phi) is 6.28. The maximum atomic E-state index is 12.3. The lowest BCUT2D eigenvalue weighted by atomic mass is 10.1. The lowest BCUT2D eigenvalue weighted by molar-refractivity contribution is -0.131. The predicted octanol–water partition coefficient (Wildman–Crippen LogP) is 1.26. The van der Waals surface area contributed by atoms with Gasteiger partial charge < -0.3 is 14.7 Å². The summed E-state index contributed by atoms with van der Waals surface area (Å²) in [5.74, 6) is 1.07. The standard InChI is InChI=1S/C13H20N2O3S2/c1-2-19-13-14-11(9-20-13)5-12(17)15-3-4-18-8-10(6-15)7-16/h9-10,16H,2-8H2,1H3. The summed E-state index contributed by atoms with van der Waals surface area (Å²) in [6.07, 6.45) is 0.332. The fourth-order valence-corrected chi connectivity index (χ4v) is 3.79. The van der Waals surface area contributed by atoms with Crippen molar-refractivity contribution < 1.29 is 14.6 Å². The molecule has 20 heavy (non-hydrogen) atoms. The van der Waals surface area contributed by atoms with Crippen molar-refractivity contribution in [1.29, 1.82) is 0 Å². The van der Waals surface area contributed by atoms with Crippen LogP contribution < -0.4 is 0 Å². The molecule has 0 spiro atoms. The van der Waals surface area contributed by atoms with Crippen LogP contribution in [-0.2, 0) is 16.0 Å². The van der Waals surface area contributed by atoms with Crippen molar-refractivity contribution in [2.75, 3.05) is 38.7 Å². The zero-order valence-corrected chi connectivity index (χ0v) is 13.2. The molecule has 1 atom stereocenters. The molecule has 0 aliphatic carbocycles. The Hall–Kier alpha value is -0.630. The third-order valence-corrected chi connectivity index (χ3v) is 5.03. The summed E-state index contributed by atoms with van der Waals surface area (Å²) in [4.78, 5) is 18.5. The molecular formula is C13H20N2O3S2. The maximum Gasteiger partial charge on any atom is 0.228 e. The van der Waals surface area contributed by atoms with Gasteiger partial charge in [-0.3, -0.25) is 4.79 Å². The Balaban J connectivity index is 1.92. The van der Waals surface area contributed by atoms with Crippen molar-refractivity contribution >= 4 is 29.0 Å². The van der Waals surface area contributed by atoms with E-state index in [1.165, 1.54) is 0 Å². The second kappa shape index (κ2) is 7.97. The normalized spacial score (nSPS) is 19.9. The van der Waals surface area contributed by atoms with E-state index in [2.05, 4.69) is 11.9 Å². The number of carbonyl (C=O) groups excluding carboxylic acids is 1. The van der Waals surface area contributed by atoms with Crippen LogP contribution in [0.2, 0.25) is 0 Å². The van der Waals surface area contributed by atoms with Crippen molar-refractivity contribution in [2.24, 2.45) is 5.92 Å². The van der Waals surface area contributed by atoms with Crippen molar-refractivity contribution in [2.45, 2.75) is 17.7 Å². The SMILES string of the molecule is CCSc1nc(CC(=O)N2CCOCC(CO)C2)cs1. The number of amides is 1. The fourth-order valence-electron chi connectivity index (χ4n) is 2.04. The van der Waals surface area contributed by atoms with Crippen LogP contribution >= 0.6 is 23.1 Å². The van der Waals surface area contributed by atoms with E-state index >= 15 is 0 Å². The summed E-state index contributed by atoms with van der Waals surface area (Å²) >= 11 is 3.28. The van der Waals surface area contributed by atoms with Crippen LogP contribution in [-0.4, -0.2) is 59.6 Å². The van der Waals surface area contributed by atoms with Crippen molar-refractivity contribution in [3.63, 3.8) is 0 Å². The molecule has 1 aliphatic rings. The van der Waals surface area contributed by atoms with E-state index in [1.807, 2.05) is 5.38 Å². The molecule has 5 nitrogen and oxygen atoms in total. The van der Waals surface area contributed by atoms with Gasteiger partial charge in [0, 0.05) is 31.0 Å². The van der Waals surface area contributed by atoms with Gasteiger partial charge in [0.25, 0.3) is 0 Å². The Bertz CT molecular complexity index is 439. The first-order chi connectivity index (χ1) is 9.72. The van der Waals surface area contributed by atoms with E-state index in [4.69, 9.17) is 4.74 Å². The predicted molar refractivity (Wildman–Crippen MR) is 80.2 cm³/mol. The quantitative estimate of drug-likeness (QED) is 0.829. The van der Waals surface area contributed by atoms with Gasteiger partial charge >= 0.3 is 0 Å². The number of hydrogen-bond acceptors (Lipinski definition) is 6. The van der Waals surface area contributed by atoms with Crippen LogP contribution in [0.1, 0.15) is 12.6 Å². The number of aromatic nitrogens is 1. The van der Waals surface area contributed by atoms with E-state index in [0.717, 1.165) is 15.8 Å². The number of aliphatic hydroxyl groups is 1. The molecule has 0 bridgehead atoms. The molecule has 1 unspecified atom stereocenters.